The van der Waals surface area contributed by atoms with Gasteiger partial charge < -0.3 is 20.3 Å². The predicted molar refractivity (Wildman–Crippen MR) is 123 cm³/mol. The number of carboxylic acids is 1. The number of carbonyl (C=O) groups is 3. The van der Waals surface area contributed by atoms with Gasteiger partial charge in [0, 0.05) is 18.4 Å². The molecule has 0 radical (unpaired) electrons. The van der Waals surface area contributed by atoms with E-state index in [1.54, 1.807) is 20.8 Å². The van der Waals surface area contributed by atoms with Gasteiger partial charge in [0.05, 0.1) is 0 Å². The molecule has 0 aromatic heterocycles. The first-order chi connectivity index (χ1) is 15.6. The molecule has 0 aliphatic heterocycles. The highest BCUT2D eigenvalue weighted by molar-refractivity contribution is 5.95. The van der Waals surface area contributed by atoms with Gasteiger partial charge in [-0.25, -0.2) is 0 Å². The van der Waals surface area contributed by atoms with E-state index in [0.29, 0.717) is 0 Å². The molecule has 3 N–H and O–H groups in total. The molecule has 2 aromatic rings. The Morgan fingerprint density at radius 3 is 2.03 bits per heavy atom. The van der Waals surface area contributed by atoms with Gasteiger partial charge >= 0.3 is 17.9 Å². The van der Waals surface area contributed by atoms with E-state index in [1.807, 2.05) is 48.5 Å². The van der Waals surface area contributed by atoms with Gasteiger partial charge in [-0.3, -0.25) is 14.4 Å². The summed E-state index contributed by atoms with van der Waals surface area (Å²) in [6, 6.07) is 15.3. The topological polar surface area (TPSA) is 116 Å². The largest absolute Gasteiger partial charge is 0.481 e. The second-order valence-corrected chi connectivity index (χ2v) is 9.37. The number of ether oxygens (including phenoxy) is 2. The van der Waals surface area contributed by atoms with E-state index < -0.39 is 35.5 Å². The Bertz CT molecular complexity index is 980. The first-order valence-corrected chi connectivity index (χ1v) is 11.1. The van der Waals surface area contributed by atoms with Crippen molar-refractivity contribution >= 4 is 17.9 Å². The van der Waals surface area contributed by atoms with Gasteiger partial charge in [-0.05, 0) is 55.9 Å². The van der Waals surface area contributed by atoms with E-state index in [2.05, 4.69) is 0 Å². The van der Waals surface area contributed by atoms with Crippen LogP contribution in [-0.2, 0) is 23.9 Å². The van der Waals surface area contributed by atoms with E-state index >= 15 is 0 Å². The number of rotatable bonds is 9. The molecule has 0 bridgehead atoms. The van der Waals surface area contributed by atoms with Gasteiger partial charge in [0.15, 0.2) is 5.92 Å². The van der Waals surface area contributed by atoms with Crippen LogP contribution in [0.1, 0.15) is 57.1 Å². The Labute approximate surface area is 193 Å². The van der Waals surface area contributed by atoms with Crippen molar-refractivity contribution in [2.45, 2.75) is 57.6 Å². The Morgan fingerprint density at radius 2 is 1.52 bits per heavy atom. The number of esters is 2. The molecule has 7 nitrogen and oxygen atoms in total. The SMILES string of the molecule is CC(C)(C)OC(=O)C(CC(N)CCC(=O)O)C(=O)OCC1c2ccccc2-c2ccccc21. The van der Waals surface area contributed by atoms with Gasteiger partial charge in [0.2, 0.25) is 0 Å². The zero-order chi connectivity index (χ0) is 24.2. The molecule has 33 heavy (non-hydrogen) atoms. The van der Waals surface area contributed by atoms with Crippen molar-refractivity contribution in [2.75, 3.05) is 6.61 Å². The van der Waals surface area contributed by atoms with Gasteiger partial charge in [-0.2, -0.15) is 0 Å². The molecule has 7 heteroatoms. The van der Waals surface area contributed by atoms with Crippen LogP contribution in [0, 0.1) is 5.92 Å². The molecule has 0 spiro atoms. The van der Waals surface area contributed by atoms with Crippen molar-refractivity contribution in [1.82, 2.24) is 0 Å². The van der Waals surface area contributed by atoms with Crippen molar-refractivity contribution in [2.24, 2.45) is 11.7 Å². The molecule has 2 unspecified atom stereocenters. The Kier molecular flexibility index (Phi) is 7.53. The molecule has 0 saturated heterocycles. The van der Waals surface area contributed by atoms with E-state index in [0.717, 1.165) is 22.3 Å². The lowest BCUT2D eigenvalue weighted by molar-refractivity contribution is -0.169. The average molecular weight is 454 g/mol. The van der Waals surface area contributed by atoms with Gasteiger partial charge in [-0.15, -0.1) is 0 Å². The average Bonchev–Trinajstić information content (AvgIpc) is 3.07. The summed E-state index contributed by atoms with van der Waals surface area (Å²) in [4.78, 5) is 36.7. The third-order valence-corrected chi connectivity index (χ3v) is 5.60. The molecule has 0 heterocycles. The van der Waals surface area contributed by atoms with Crippen molar-refractivity contribution < 1.29 is 29.0 Å². The van der Waals surface area contributed by atoms with Gasteiger partial charge in [-0.1, -0.05) is 48.5 Å². The maximum absolute atomic E-state index is 13.0. The minimum absolute atomic E-state index is 0.0428. The van der Waals surface area contributed by atoms with Crippen LogP contribution in [0.5, 0.6) is 0 Å². The predicted octanol–water partition coefficient (Wildman–Crippen LogP) is 3.88. The summed E-state index contributed by atoms with van der Waals surface area (Å²) in [6.07, 6.45) is -0.0446. The zero-order valence-corrected chi connectivity index (χ0v) is 19.2. The molecule has 2 atom stereocenters. The van der Waals surface area contributed by atoms with Crippen molar-refractivity contribution in [3.63, 3.8) is 0 Å². The quantitative estimate of drug-likeness (QED) is 0.437. The van der Waals surface area contributed by atoms with Crippen LogP contribution in [0.15, 0.2) is 48.5 Å². The van der Waals surface area contributed by atoms with Crippen molar-refractivity contribution in [3.05, 3.63) is 59.7 Å². The minimum Gasteiger partial charge on any atom is -0.481 e. The Hall–Kier alpha value is -3.19. The van der Waals surface area contributed by atoms with Gasteiger partial charge in [0.1, 0.15) is 12.2 Å². The summed E-state index contributed by atoms with van der Waals surface area (Å²) in [7, 11) is 0. The van der Waals surface area contributed by atoms with Crippen LogP contribution in [0.2, 0.25) is 0 Å². The molecule has 0 saturated carbocycles. The monoisotopic (exact) mass is 453 g/mol. The normalized spacial score (nSPS) is 14.7. The molecule has 2 aromatic carbocycles. The highest BCUT2D eigenvalue weighted by atomic mass is 16.6. The van der Waals surface area contributed by atoms with Crippen LogP contribution in [0.25, 0.3) is 11.1 Å². The smallest absolute Gasteiger partial charge is 0.320 e. The van der Waals surface area contributed by atoms with Crippen molar-refractivity contribution in [3.8, 4) is 11.1 Å². The summed E-state index contributed by atoms with van der Waals surface area (Å²) < 4.78 is 11.1. The third kappa shape index (κ3) is 6.20. The second-order valence-electron chi connectivity index (χ2n) is 9.37. The number of fused-ring (bicyclic) bond motifs is 3. The number of hydrogen-bond donors (Lipinski definition) is 2. The zero-order valence-electron chi connectivity index (χ0n) is 19.2. The fourth-order valence-electron chi connectivity index (χ4n) is 4.10. The number of nitrogens with two attached hydrogens (primary N) is 1. The first kappa shape index (κ1) is 24.5. The summed E-state index contributed by atoms with van der Waals surface area (Å²) in [6.45, 7) is 5.22. The lowest BCUT2D eigenvalue weighted by Crippen LogP contribution is -2.38. The molecule has 0 fully saturated rings. The highest BCUT2D eigenvalue weighted by Crippen LogP contribution is 2.44. The van der Waals surface area contributed by atoms with E-state index in [1.165, 1.54) is 0 Å². The summed E-state index contributed by atoms with van der Waals surface area (Å²) >= 11 is 0. The number of hydrogen-bond acceptors (Lipinski definition) is 6. The van der Waals surface area contributed by atoms with Gasteiger partial charge in [0.25, 0.3) is 0 Å². The van der Waals surface area contributed by atoms with Crippen LogP contribution < -0.4 is 5.73 Å². The van der Waals surface area contributed by atoms with E-state index in [9.17, 15) is 14.4 Å². The summed E-state index contributed by atoms with van der Waals surface area (Å²) in [5, 5.41) is 8.89. The van der Waals surface area contributed by atoms with E-state index in [4.69, 9.17) is 20.3 Å². The molecular weight excluding hydrogens is 422 g/mol. The molecule has 3 rings (SSSR count). The third-order valence-electron chi connectivity index (χ3n) is 5.60. The Morgan fingerprint density at radius 1 is 0.970 bits per heavy atom. The first-order valence-electron chi connectivity index (χ1n) is 11.1. The number of carboxylic acid groups (broad SMARTS) is 1. The van der Waals surface area contributed by atoms with E-state index in [-0.39, 0.29) is 31.8 Å². The summed E-state index contributed by atoms with van der Waals surface area (Å²) in [5.41, 5.74) is 9.59. The van der Waals surface area contributed by atoms with Crippen LogP contribution >= 0.6 is 0 Å². The lowest BCUT2D eigenvalue weighted by atomic mass is 9.96. The molecule has 1 aliphatic rings. The maximum Gasteiger partial charge on any atom is 0.320 e. The standard InChI is InChI=1S/C26H31NO6/c1-26(2,3)33-25(31)21(14-16(27)12-13-23(28)29)24(30)32-15-22-19-10-6-4-8-17(19)18-9-5-7-11-20(18)22/h4-11,16,21-22H,12-15,27H2,1-3H3,(H,28,29). The minimum atomic E-state index is -1.22. The second kappa shape index (κ2) is 10.2. The Balaban J connectivity index is 1.75. The highest BCUT2D eigenvalue weighted by Gasteiger charge is 2.36. The van der Waals surface area contributed by atoms with Crippen LogP contribution in [-0.4, -0.2) is 41.3 Å². The fourth-order valence-corrected chi connectivity index (χ4v) is 4.10. The number of aliphatic carboxylic acids is 1. The fraction of sp³-hybridized carbons (Fsp3) is 0.423. The number of benzene rings is 2. The number of carbonyl (C=O) groups excluding carboxylic acids is 2. The van der Waals surface area contributed by atoms with Crippen molar-refractivity contribution in [1.29, 1.82) is 0 Å². The van der Waals surface area contributed by atoms with Crippen LogP contribution in [0.4, 0.5) is 0 Å². The molecule has 1 aliphatic carbocycles. The molecule has 176 valence electrons. The molecule has 0 amide bonds. The van der Waals surface area contributed by atoms with Crippen LogP contribution in [0.3, 0.4) is 0 Å². The lowest BCUT2D eigenvalue weighted by Gasteiger charge is -2.25. The molecular formula is C26H31NO6. The maximum atomic E-state index is 13.0. The summed E-state index contributed by atoms with van der Waals surface area (Å²) in [5.74, 6) is -3.77.